The van der Waals surface area contributed by atoms with Crippen LogP contribution in [0.2, 0.25) is 0 Å². The fourth-order valence-electron chi connectivity index (χ4n) is 2.81. The highest BCUT2D eigenvalue weighted by atomic mass is 15.4. The normalized spacial score (nSPS) is 13.5. The molecule has 104 valence electrons. The Bertz CT molecular complexity index is 773. The summed E-state index contributed by atoms with van der Waals surface area (Å²) < 4.78 is 1.95. The molecule has 4 rings (SSSR count). The number of benzene rings is 2. The van der Waals surface area contributed by atoms with Crippen molar-refractivity contribution in [3.05, 3.63) is 71.5 Å². The Labute approximate surface area is 123 Å². The molecule has 3 aromatic rings. The van der Waals surface area contributed by atoms with Gasteiger partial charge in [0.05, 0.1) is 24.1 Å². The van der Waals surface area contributed by atoms with Crippen molar-refractivity contribution in [3.63, 3.8) is 0 Å². The van der Waals surface area contributed by atoms with E-state index in [-0.39, 0.29) is 0 Å². The number of aryl methyl sites for hydroxylation is 1. The van der Waals surface area contributed by atoms with Crippen LogP contribution in [0, 0.1) is 6.92 Å². The second-order valence-electron chi connectivity index (χ2n) is 5.46. The van der Waals surface area contributed by atoms with Crippen LogP contribution in [0.4, 0.5) is 5.69 Å². The van der Waals surface area contributed by atoms with E-state index < -0.39 is 0 Å². The van der Waals surface area contributed by atoms with Gasteiger partial charge in [-0.25, -0.2) is 4.68 Å². The molecule has 0 radical (unpaired) electrons. The SMILES string of the molecule is Cc1ccc(N2Cc3ccccc3-n3nncc3C2)cc1. The summed E-state index contributed by atoms with van der Waals surface area (Å²) in [4.78, 5) is 2.36. The Kier molecular flexibility index (Phi) is 2.74. The van der Waals surface area contributed by atoms with Crippen molar-refractivity contribution >= 4 is 5.69 Å². The van der Waals surface area contributed by atoms with Gasteiger partial charge < -0.3 is 4.90 Å². The molecule has 0 amide bonds. The molecular formula is C17H16N4. The zero-order chi connectivity index (χ0) is 14.2. The third-order valence-electron chi connectivity index (χ3n) is 3.95. The molecule has 4 nitrogen and oxygen atoms in total. The third kappa shape index (κ3) is 2.09. The fourth-order valence-corrected chi connectivity index (χ4v) is 2.81. The maximum absolute atomic E-state index is 4.24. The van der Waals surface area contributed by atoms with E-state index in [0.717, 1.165) is 24.5 Å². The number of hydrogen-bond acceptors (Lipinski definition) is 3. The Balaban J connectivity index is 1.82. The molecule has 4 heteroatoms. The van der Waals surface area contributed by atoms with Crippen molar-refractivity contribution in [2.45, 2.75) is 20.0 Å². The first-order valence-electron chi connectivity index (χ1n) is 7.11. The summed E-state index contributed by atoms with van der Waals surface area (Å²) in [6.07, 6.45) is 1.85. The van der Waals surface area contributed by atoms with E-state index in [4.69, 9.17) is 0 Å². The number of para-hydroxylation sites is 1. The summed E-state index contributed by atoms with van der Waals surface area (Å²) >= 11 is 0. The van der Waals surface area contributed by atoms with E-state index in [2.05, 4.69) is 64.6 Å². The third-order valence-corrected chi connectivity index (χ3v) is 3.95. The van der Waals surface area contributed by atoms with Gasteiger partial charge in [0.25, 0.3) is 0 Å². The van der Waals surface area contributed by atoms with E-state index >= 15 is 0 Å². The lowest BCUT2D eigenvalue weighted by Crippen LogP contribution is -2.20. The van der Waals surface area contributed by atoms with Crippen molar-refractivity contribution in [3.8, 4) is 5.69 Å². The minimum absolute atomic E-state index is 0.810. The van der Waals surface area contributed by atoms with Gasteiger partial charge in [-0.2, -0.15) is 0 Å². The van der Waals surface area contributed by atoms with Crippen molar-refractivity contribution < 1.29 is 0 Å². The van der Waals surface area contributed by atoms with E-state index in [1.165, 1.54) is 16.8 Å². The first-order chi connectivity index (χ1) is 10.3. The predicted molar refractivity (Wildman–Crippen MR) is 82.4 cm³/mol. The van der Waals surface area contributed by atoms with Crippen LogP contribution in [-0.2, 0) is 13.1 Å². The smallest absolute Gasteiger partial charge is 0.0839 e. The number of rotatable bonds is 1. The lowest BCUT2D eigenvalue weighted by molar-refractivity contribution is 0.753. The van der Waals surface area contributed by atoms with Gasteiger partial charge in [-0.05, 0) is 30.7 Å². The quantitative estimate of drug-likeness (QED) is 0.685. The van der Waals surface area contributed by atoms with Gasteiger partial charge in [-0.15, -0.1) is 5.10 Å². The maximum atomic E-state index is 4.24. The molecule has 1 aliphatic heterocycles. The molecule has 0 bridgehead atoms. The van der Waals surface area contributed by atoms with Crippen LogP contribution in [0.5, 0.6) is 0 Å². The van der Waals surface area contributed by atoms with Gasteiger partial charge in [-0.1, -0.05) is 41.1 Å². The number of hydrogen-bond donors (Lipinski definition) is 0. The summed E-state index contributed by atoms with van der Waals surface area (Å²) in [6.45, 7) is 3.80. The number of nitrogens with zero attached hydrogens (tertiary/aromatic N) is 4. The van der Waals surface area contributed by atoms with Crippen LogP contribution in [0.15, 0.2) is 54.7 Å². The monoisotopic (exact) mass is 276 g/mol. The van der Waals surface area contributed by atoms with Crippen LogP contribution in [-0.4, -0.2) is 15.0 Å². The minimum atomic E-state index is 0.810. The summed E-state index contributed by atoms with van der Waals surface area (Å²) in [6, 6.07) is 17.1. The highest BCUT2D eigenvalue weighted by Crippen LogP contribution is 2.27. The molecule has 0 spiro atoms. The number of fused-ring (bicyclic) bond motifs is 3. The number of aromatic nitrogens is 3. The topological polar surface area (TPSA) is 34.0 Å². The minimum Gasteiger partial charge on any atom is -0.361 e. The Morgan fingerprint density at radius 1 is 0.952 bits per heavy atom. The molecular weight excluding hydrogens is 260 g/mol. The van der Waals surface area contributed by atoms with E-state index in [1.807, 2.05) is 16.9 Å². The van der Waals surface area contributed by atoms with Crippen LogP contribution in [0.1, 0.15) is 16.8 Å². The van der Waals surface area contributed by atoms with Gasteiger partial charge >= 0.3 is 0 Å². The molecule has 0 aliphatic carbocycles. The summed E-state index contributed by atoms with van der Waals surface area (Å²) in [5.74, 6) is 0. The highest BCUT2D eigenvalue weighted by Gasteiger charge is 2.20. The van der Waals surface area contributed by atoms with Gasteiger partial charge in [0, 0.05) is 12.2 Å². The summed E-state index contributed by atoms with van der Waals surface area (Å²) in [5.41, 5.74) is 6.01. The van der Waals surface area contributed by atoms with Crippen molar-refractivity contribution in [2.75, 3.05) is 4.90 Å². The zero-order valence-electron chi connectivity index (χ0n) is 11.9. The first kappa shape index (κ1) is 12.1. The molecule has 21 heavy (non-hydrogen) atoms. The van der Waals surface area contributed by atoms with E-state index in [1.54, 1.807) is 0 Å². The maximum Gasteiger partial charge on any atom is 0.0839 e. The number of anilines is 1. The fraction of sp³-hybridized carbons (Fsp3) is 0.176. The summed E-state index contributed by atoms with van der Waals surface area (Å²) in [5, 5.41) is 8.31. The van der Waals surface area contributed by atoms with Gasteiger partial charge in [0.2, 0.25) is 0 Å². The molecule has 0 fully saturated rings. The van der Waals surface area contributed by atoms with E-state index in [9.17, 15) is 0 Å². The lowest BCUT2D eigenvalue weighted by atomic mass is 10.1. The molecule has 2 heterocycles. The average Bonchev–Trinajstić information content (AvgIpc) is 2.90. The molecule has 0 N–H and O–H groups in total. The zero-order valence-corrected chi connectivity index (χ0v) is 11.9. The highest BCUT2D eigenvalue weighted by molar-refractivity contribution is 5.52. The predicted octanol–water partition coefficient (Wildman–Crippen LogP) is 3.10. The second-order valence-corrected chi connectivity index (χ2v) is 5.46. The first-order valence-corrected chi connectivity index (χ1v) is 7.11. The lowest BCUT2D eigenvalue weighted by Gasteiger charge is -2.22. The second kappa shape index (κ2) is 4.74. The van der Waals surface area contributed by atoms with Crippen molar-refractivity contribution in [1.82, 2.24) is 15.0 Å². The van der Waals surface area contributed by atoms with Gasteiger partial charge in [0.15, 0.2) is 0 Å². The summed E-state index contributed by atoms with van der Waals surface area (Å²) in [7, 11) is 0. The van der Waals surface area contributed by atoms with Gasteiger partial charge in [-0.3, -0.25) is 0 Å². The Morgan fingerprint density at radius 3 is 2.62 bits per heavy atom. The standard InChI is InChI=1S/C17H16N4/c1-13-6-8-15(9-7-13)20-11-14-4-2-3-5-17(14)21-16(12-20)10-18-19-21/h2-10H,11-12H2,1H3. The van der Waals surface area contributed by atoms with Crippen LogP contribution in [0.3, 0.4) is 0 Å². The van der Waals surface area contributed by atoms with Crippen molar-refractivity contribution in [2.24, 2.45) is 0 Å². The van der Waals surface area contributed by atoms with Crippen LogP contribution in [0.25, 0.3) is 5.69 Å². The van der Waals surface area contributed by atoms with Crippen molar-refractivity contribution in [1.29, 1.82) is 0 Å². The molecule has 2 aromatic carbocycles. The van der Waals surface area contributed by atoms with Crippen LogP contribution < -0.4 is 4.90 Å². The Morgan fingerprint density at radius 2 is 1.76 bits per heavy atom. The van der Waals surface area contributed by atoms with Gasteiger partial charge in [0.1, 0.15) is 0 Å². The molecule has 0 atom stereocenters. The van der Waals surface area contributed by atoms with E-state index in [0.29, 0.717) is 0 Å². The molecule has 1 aliphatic rings. The molecule has 1 aromatic heterocycles. The molecule has 0 saturated carbocycles. The average molecular weight is 276 g/mol. The molecule has 0 unspecified atom stereocenters. The van der Waals surface area contributed by atoms with Crippen LogP contribution >= 0.6 is 0 Å². The molecule has 0 saturated heterocycles. The largest absolute Gasteiger partial charge is 0.361 e. The Hall–Kier alpha value is -2.62.